The largest absolute Gasteiger partial charge is 0.316 e. The van der Waals surface area contributed by atoms with Crippen molar-refractivity contribution in [3.05, 3.63) is 16.0 Å². The first kappa shape index (κ1) is 13.6. The normalized spacial score (nSPS) is 26.6. The number of carbonyl (C=O) groups is 1. The molecule has 2 aliphatic rings. The summed E-state index contributed by atoms with van der Waals surface area (Å²) in [7, 11) is 0. The van der Waals surface area contributed by atoms with E-state index in [-0.39, 0.29) is 9.14 Å². The van der Waals surface area contributed by atoms with Gasteiger partial charge >= 0.3 is 0 Å². The number of amides is 1. The van der Waals surface area contributed by atoms with Crippen LogP contribution in [0.5, 0.6) is 0 Å². The molecular weight excluding hydrogens is 392 g/mol. The summed E-state index contributed by atoms with van der Waals surface area (Å²) in [6, 6.07) is 2.25. The first-order valence-electron chi connectivity index (χ1n) is 6.13. The molecule has 2 aliphatic carbocycles. The highest BCUT2D eigenvalue weighted by Crippen LogP contribution is 2.66. The Morgan fingerprint density at radius 1 is 1.47 bits per heavy atom. The molecule has 0 spiro atoms. The molecule has 1 heterocycles. The van der Waals surface area contributed by atoms with Gasteiger partial charge in [-0.15, -0.1) is 11.3 Å². The molecule has 1 amide bonds. The van der Waals surface area contributed by atoms with E-state index in [9.17, 15) is 10.1 Å². The minimum Gasteiger partial charge on any atom is -0.316 e. The van der Waals surface area contributed by atoms with Crippen LogP contribution < -0.4 is 5.32 Å². The number of nitrogens with one attached hydrogen (secondary N) is 1. The topological polar surface area (TPSA) is 52.9 Å². The highest BCUT2D eigenvalue weighted by atomic mass is 79.9. The van der Waals surface area contributed by atoms with E-state index >= 15 is 0 Å². The summed E-state index contributed by atoms with van der Waals surface area (Å²) in [6.07, 6.45) is 3.86. The Bertz CT molecular complexity index is 617. The van der Waals surface area contributed by atoms with Crippen molar-refractivity contribution in [2.45, 2.75) is 35.8 Å². The first-order chi connectivity index (χ1) is 8.89. The molecule has 1 atom stereocenters. The number of carbonyl (C=O) groups excluding carboxylic acids is 1. The van der Waals surface area contributed by atoms with E-state index in [2.05, 4.69) is 43.2 Å². The number of aryl methyl sites for hydroxylation is 1. The smallest absolute Gasteiger partial charge is 0.233 e. The van der Waals surface area contributed by atoms with Gasteiger partial charge in [-0.3, -0.25) is 4.79 Å². The zero-order valence-corrected chi connectivity index (χ0v) is 14.3. The van der Waals surface area contributed by atoms with Gasteiger partial charge in [0, 0.05) is 4.88 Å². The zero-order valence-electron chi connectivity index (χ0n) is 10.3. The van der Waals surface area contributed by atoms with Crippen molar-refractivity contribution < 1.29 is 4.79 Å². The number of halogens is 2. The molecule has 19 heavy (non-hydrogen) atoms. The highest BCUT2D eigenvalue weighted by molar-refractivity contribution is 9.25. The third-order valence-electron chi connectivity index (χ3n) is 4.02. The molecule has 100 valence electrons. The van der Waals surface area contributed by atoms with Crippen molar-refractivity contribution in [1.29, 1.82) is 5.26 Å². The molecule has 1 aromatic rings. The van der Waals surface area contributed by atoms with Crippen molar-refractivity contribution in [2.24, 2.45) is 5.41 Å². The molecule has 3 rings (SSSR count). The van der Waals surface area contributed by atoms with E-state index in [1.54, 1.807) is 11.3 Å². The lowest BCUT2D eigenvalue weighted by molar-refractivity contribution is -0.120. The van der Waals surface area contributed by atoms with E-state index < -0.39 is 5.41 Å². The van der Waals surface area contributed by atoms with Crippen LogP contribution in [0, 0.1) is 16.7 Å². The minimum atomic E-state index is -0.450. The quantitative estimate of drug-likeness (QED) is 0.760. The fourth-order valence-corrected chi connectivity index (χ4v) is 5.21. The van der Waals surface area contributed by atoms with Gasteiger partial charge in [-0.2, -0.15) is 5.26 Å². The van der Waals surface area contributed by atoms with Crippen molar-refractivity contribution in [3.8, 4) is 6.07 Å². The standard InChI is InChI=1S/C13H12Br2N2OS/c1-12(6-13(12,14)15)11(18)17-10-8(5-16)7-3-2-4-9(7)19-10/h2-4,6H2,1H3,(H,17,18)/t12-/m1/s1. The van der Waals surface area contributed by atoms with Gasteiger partial charge in [0.25, 0.3) is 0 Å². The minimum absolute atomic E-state index is 0.0299. The highest BCUT2D eigenvalue weighted by Gasteiger charge is 2.66. The van der Waals surface area contributed by atoms with Gasteiger partial charge in [0.15, 0.2) is 0 Å². The number of nitriles is 1. The summed E-state index contributed by atoms with van der Waals surface area (Å²) in [5, 5.41) is 13.0. The number of alkyl halides is 2. The lowest BCUT2D eigenvalue weighted by atomic mass is 10.1. The number of fused-ring (bicyclic) bond motifs is 1. The molecule has 3 nitrogen and oxygen atoms in total. The molecule has 1 N–H and O–H groups in total. The maximum atomic E-state index is 12.3. The number of anilines is 1. The SMILES string of the molecule is C[C@]1(C(=O)Nc2sc3c(c2C#N)CCC3)CC1(Br)Br. The van der Waals surface area contributed by atoms with Crippen LogP contribution in [0.25, 0.3) is 0 Å². The van der Waals surface area contributed by atoms with Crippen molar-refractivity contribution in [3.63, 3.8) is 0 Å². The Labute approximate surface area is 132 Å². The molecule has 0 radical (unpaired) electrons. The van der Waals surface area contributed by atoms with Crippen LogP contribution >= 0.6 is 43.2 Å². The number of hydrogen-bond donors (Lipinski definition) is 1. The Morgan fingerprint density at radius 3 is 2.74 bits per heavy atom. The second-order valence-corrected chi connectivity index (χ2v) is 10.2. The van der Waals surface area contributed by atoms with Gasteiger partial charge in [-0.05, 0) is 38.2 Å². The summed E-state index contributed by atoms with van der Waals surface area (Å²) in [6.45, 7) is 1.92. The van der Waals surface area contributed by atoms with E-state index in [0.29, 0.717) is 5.56 Å². The fourth-order valence-electron chi connectivity index (χ4n) is 2.50. The molecule has 1 saturated carbocycles. The predicted molar refractivity (Wildman–Crippen MR) is 83.0 cm³/mol. The van der Waals surface area contributed by atoms with Gasteiger partial charge < -0.3 is 5.32 Å². The zero-order chi connectivity index (χ0) is 13.8. The molecule has 1 fully saturated rings. The van der Waals surface area contributed by atoms with Crippen LogP contribution in [0.4, 0.5) is 5.00 Å². The van der Waals surface area contributed by atoms with Crippen LogP contribution in [0.2, 0.25) is 0 Å². The maximum absolute atomic E-state index is 12.3. The van der Waals surface area contributed by atoms with Crippen molar-refractivity contribution in [2.75, 3.05) is 5.32 Å². The van der Waals surface area contributed by atoms with E-state index in [0.717, 1.165) is 36.2 Å². The number of hydrogen-bond acceptors (Lipinski definition) is 3. The molecule has 6 heteroatoms. The summed E-state index contributed by atoms with van der Waals surface area (Å²) in [5.41, 5.74) is 1.37. The third kappa shape index (κ3) is 1.98. The average molecular weight is 404 g/mol. The van der Waals surface area contributed by atoms with E-state index in [1.807, 2.05) is 6.92 Å². The summed E-state index contributed by atoms with van der Waals surface area (Å²) >= 11 is 8.55. The van der Waals surface area contributed by atoms with Crippen LogP contribution in [0.15, 0.2) is 0 Å². The van der Waals surface area contributed by atoms with Crippen LogP contribution in [-0.4, -0.2) is 9.14 Å². The molecule has 0 saturated heterocycles. The van der Waals surface area contributed by atoms with Gasteiger partial charge in [-0.1, -0.05) is 31.9 Å². The van der Waals surface area contributed by atoms with Gasteiger partial charge in [0.1, 0.15) is 11.1 Å². The maximum Gasteiger partial charge on any atom is 0.233 e. The van der Waals surface area contributed by atoms with E-state index in [1.165, 1.54) is 4.88 Å². The number of nitrogens with zero attached hydrogens (tertiary/aromatic N) is 1. The third-order valence-corrected chi connectivity index (χ3v) is 7.54. The Hall–Kier alpha value is -0.380. The Kier molecular flexibility index (Phi) is 3.08. The van der Waals surface area contributed by atoms with Gasteiger partial charge in [0.05, 0.1) is 14.2 Å². The van der Waals surface area contributed by atoms with Gasteiger partial charge in [0.2, 0.25) is 5.91 Å². The van der Waals surface area contributed by atoms with Crippen LogP contribution in [0.3, 0.4) is 0 Å². The second-order valence-electron chi connectivity index (χ2n) is 5.34. The molecule has 1 aromatic heterocycles. The van der Waals surface area contributed by atoms with Crippen LogP contribution in [-0.2, 0) is 17.6 Å². The summed E-state index contributed by atoms with van der Waals surface area (Å²) in [5.74, 6) is -0.0299. The monoisotopic (exact) mass is 402 g/mol. The van der Waals surface area contributed by atoms with Crippen LogP contribution in [0.1, 0.15) is 35.8 Å². The van der Waals surface area contributed by atoms with Crippen molar-refractivity contribution >= 4 is 54.1 Å². The Balaban J connectivity index is 1.86. The summed E-state index contributed by atoms with van der Waals surface area (Å²) in [4.78, 5) is 13.6. The number of thiophene rings is 1. The fraction of sp³-hybridized carbons (Fsp3) is 0.538. The molecule has 0 aliphatic heterocycles. The number of rotatable bonds is 2. The molecule has 0 aromatic carbocycles. The second kappa shape index (κ2) is 4.31. The van der Waals surface area contributed by atoms with Crippen molar-refractivity contribution in [1.82, 2.24) is 0 Å². The summed E-state index contributed by atoms with van der Waals surface area (Å²) < 4.78 is -0.302. The lowest BCUT2D eigenvalue weighted by Gasteiger charge is -2.12. The van der Waals surface area contributed by atoms with E-state index in [4.69, 9.17) is 0 Å². The molecule has 0 unspecified atom stereocenters. The molecular formula is C13H12Br2N2OS. The first-order valence-corrected chi connectivity index (χ1v) is 8.53. The Morgan fingerprint density at radius 2 is 2.16 bits per heavy atom. The van der Waals surface area contributed by atoms with Gasteiger partial charge in [-0.25, -0.2) is 0 Å². The molecule has 0 bridgehead atoms. The predicted octanol–water partition coefficient (Wildman–Crippen LogP) is 3.94. The lowest BCUT2D eigenvalue weighted by Crippen LogP contribution is -2.25. The average Bonchev–Trinajstić information content (AvgIpc) is 2.71.